The van der Waals surface area contributed by atoms with Crippen LogP contribution in [0.3, 0.4) is 0 Å². The molecule has 3 rings (SSSR count). The maximum absolute atomic E-state index is 12.2. The molecule has 0 spiro atoms. The van der Waals surface area contributed by atoms with E-state index >= 15 is 0 Å². The lowest BCUT2D eigenvalue weighted by Crippen LogP contribution is -2.29. The van der Waals surface area contributed by atoms with Crippen molar-refractivity contribution in [1.82, 2.24) is 19.7 Å². The van der Waals surface area contributed by atoms with Crippen molar-refractivity contribution in [3.8, 4) is 6.07 Å². The number of hydrogen-bond acceptors (Lipinski definition) is 5. The van der Waals surface area contributed by atoms with Gasteiger partial charge in [-0.2, -0.15) is 5.26 Å². The predicted molar refractivity (Wildman–Crippen MR) is 96.1 cm³/mol. The predicted octanol–water partition coefficient (Wildman–Crippen LogP) is 2.67. The first-order chi connectivity index (χ1) is 12.2. The van der Waals surface area contributed by atoms with Crippen molar-refractivity contribution in [2.75, 3.05) is 19.3 Å². The van der Waals surface area contributed by atoms with Crippen LogP contribution in [0, 0.1) is 11.3 Å². The van der Waals surface area contributed by atoms with Gasteiger partial charge in [-0.1, -0.05) is 42.1 Å². The van der Waals surface area contributed by atoms with Gasteiger partial charge in [0.25, 0.3) is 0 Å². The normalized spacial score (nSPS) is 13.4. The maximum Gasteiger partial charge on any atom is 0.232 e. The van der Waals surface area contributed by atoms with Crippen molar-refractivity contribution in [3.63, 3.8) is 0 Å². The molecule has 1 aromatic heterocycles. The standard InChI is InChI=1S/C18H21N5OS/c1-22(11-5-10-19)16(24)13-25-18-21-20-17(15-8-9-15)23(18)12-14-6-3-2-4-7-14/h2-4,6-7,15H,5,8-9,11-13H2,1H3. The van der Waals surface area contributed by atoms with Gasteiger partial charge in [0.1, 0.15) is 5.82 Å². The molecule has 6 nitrogen and oxygen atoms in total. The minimum absolute atomic E-state index is 0.00230. The van der Waals surface area contributed by atoms with Crippen LogP contribution >= 0.6 is 11.8 Å². The van der Waals surface area contributed by atoms with Crippen molar-refractivity contribution in [3.05, 3.63) is 41.7 Å². The van der Waals surface area contributed by atoms with E-state index in [-0.39, 0.29) is 5.91 Å². The summed E-state index contributed by atoms with van der Waals surface area (Å²) < 4.78 is 2.14. The van der Waals surface area contributed by atoms with Crippen LogP contribution in [0.25, 0.3) is 0 Å². The summed E-state index contributed by atoms with van der Waals surface area (Å²) in [5.41, 5.74) is 1.20. The number of amides is 1. The van der Waals surface area contributed by atoms with Crippen molar-refractivity contribution >= 4 is 17.7 Å². The Morgan fingerprint density at radius 2 is 2.12 bits per heavy atom. The molecule has 1 heterocycles. The highest BCUT2D eigenvalue weighted by atomic mass is 32.2. The number of carbonyl (C=O) groups excluding carboxylic acids is 1. The Balaban J connectivity index is 1.69. The number of benzene rings is 1. The van der Waals surface area contributed by atoms with Crippen molar-refractivity contribution in [2.45, 2.75) is 36.9 Å². The number of hydrogen-bond donors (Lipinski definition) is 0. The molecule has 7 heteroatoms. The summed E-state index contributed by atoms with van der Waals surface area (Å²) in [6, 6.07) is 12.3. The van der Waals surface area contributed by atoms with E-state index < -0.39 is 0 Å². The van der Waals surface area contributed by atoms with Gasteiger partial charge in [-0.05, 0) is 18.4 Å². The number of rotatable bonds is 8. The van der Waals surface area contributed by atoms with Crippen LogP contribution in [0.2, 0.25) is 0 Å². The lowest BCUT2D eigenvalue weighted by atomic mass is 10.2. The van der Waals surface area contributed by atoms with Gasteiger partial charge in [0, 0.05) is 19.5 Å². The molecule has 0 aliphatic heterocycles. The minimum atomic E-state index is 0.00230. The summed E-state index contributed by atoms with van der Waals surface area (Å²) in [6.45, 7) is 1.18. The zero-order valence-corrected chi connectivity index (χ0v) is 15.1. The average molecular weight is 355 g/mol. The smallest absolute Gasteiger partial charge is 0.232 e. The van der Waals surface area contributed by atoms with Gasteiger partial charge in [0.15, 0.2) is 5.16 Å². The van der Waals surface area contributed by atoms with Gasteiger partial charge in [0.05, 0.1) is 24.8 Å². The van der Waals surface area contributed by atoms with Gasteiger partial charge in [-0.15, -0.1) is 10.2 Å². The van der Waals surface area contributed by atoms with Gasteiger partial charge in [-0.25, -0.2) is 0 Å². The van der Waals surface area contributed by atoms with Gasteiger partial charge in [-0.3, -0.25) is 4.79 Å². The molecule has 25 heavy (non-hydrogen) atoms. The van der Waals surface area contributed by atoms with E-state index in [1.165, 1.54) is 17.3 Å². The molecule has 0 bridgehead atoms. The summed E-state index contributed by atoms with van der Waals surface area (Å²) in [5.74, 6) is 1.83. The Labute approximate surface area is 151 Å². The van der Waals surface area contributed by atoms with E-state index in [1.54, 1.807) is 11.9 Å². The maximum atomic E-state index is 12.2. The van der Waals surface area contributed by atoms with Crippen molar-refractivity contribution in [1.29, 1.82) is 5.26 Å². The molecule has 1 aliphatic rings. The van der Waals surface area contributed by atoms with E-state index in [0.29, 0.717) is 24.6 Å². The average Bonchev–Trinajstić information content (AvgIpc) is 3.40. The molecule has 1 aliphatic carbocycles. The molecule has 2 aromatic rings. The molecule has 1 aromatic carbocycles. The Hall–Kier alpha value is -2.33. The Bertz CT molecular complexity index is 764. The number of nitrogens with zero attached hydrogens (tertiary/aromatic N) is 5. The van der Waals surface area contributed by atoms with Crippen LogP contribution in [0.5, 0.6) is 0 Å². The lowest BCUT2D eigenvalue weighted by Gasteiger charge is -2.15. The fourth-order valence-corrected chi connectivity index (χ4v) is 3.43. The van der Waals surface area contributed by atoms with Crippen LogP contribution in [0.15, 0.2) is 35.5 Å². The molecular formula is C18H21N5OS. The number of carbonyl (C=O) groups is 1. The monoisotopic (exact) mass is 355 g/mol. The second-order valence-electron chi connectivity index (χ2n) is 6.20. The topological polar surface area (TPSA) is 74.8 Å². The van der Waals surface area contributed by atoms with Crippen molar-refractivity contribution in [2.24, 2.45) is 0 Å². The summed E-state index contributed by atoms with van der Waals surface area (Å²) in [4.78, 5) is 13.8. The molecular weight excluding hydrogens is 334 g/mol. The summed E-state index contributed by atoms with van der Waals surface area (Å²) in [7, 11) is 1.73. The molecule has 0 atom stereocenters. The third kappa shape index (κ3) is 4.60. The Morgan fingerprint density at radius 3 is 2.80 bits per heavy atom. The minimum Gasteiger partial charge on any atom is -0.344 e. The van der Waals surface area contributed by atoms with Crippen LogP contribution in [0.4, 0.5) is 0 Å². The number of aromatic nitrogens is 3. The van der Waals surface area contributed by atoms with Gasteiger partial charge < -0.3 is 9.47 Å². The zero-order chi connectivity index (χ0) is 17.6. The Kier molecular flexibility index (Phi) is 5.71. The second-order valence-corrected chi connectivity index (χ2v) is 7.14. The second kappa shape index (κ2) is 8.17. The first kappa shape index (κ1) is 17.5. The molecule has 130 valence electrons. The molecule has 1 saturated carbocycles. The Morgan fingerprint density at radius 1 is 1.36 bits per heavy atom. The SMILES string of the molecule is CN(CCC#N)C(=O)CSc1nnc(C2CC2)n1Cc1ccccc1. The van der Waals surface area contributed by atoms with Crippen molar-refractivity contribution < 1.29 is 4.79 Å². The molecule has 0 radical (unpaired) electrons. The third-order valence-electron chi connectivity index (χ3n) is 4.18. The molecule has 1 amide bonds. The first-order valence-corrected chi connectivity index (χ1v) is 9.38. The number of nitriles is 1. The van der Waals surface area contributed by atoms with Gasteiger partial charge >= 0.3 is 0 Å². The van der Waals surface area contributed by atoms with E-state index in [9.17, 15) is 4.79 Å². The van der Waals surface area contributed by atoms with E-state index in [0.717, 1.165) is 30.4 Å². The largest absolute Gasteiger partial charge is 0.344 e. The summed E-state index contributed by atoms with van der Waals surface area (Å²) in [5, 5.41) is 18.1. The van der Waals surface area contributed by atoms with Crippen LogP contribution < -0.4 is 0 Å². The first-order valence-electron chi connectivity index (χ1n) is 8.39. The van der Waals surface area contributed by atoms with E-state index in [2.05, 4.69) is 33.0 Å². The number of thioether (sulfide) groups is 1. The fourth-order valence-electron chi connectivity index (χ4n) is 2.54. The fraction of sp³-hybridized carbons (Fsp3) is 0.444. The summed E-state index contributed by atoms with van der Waals surface area (Å²) >= 11 is 1.42. The molecule has 0 unspecified atom stereocenters. The lowest BCUT2D eigenvalue weighted by molar-refractivity contribution is -0.127. The third-order valence-corrected chi connectivity index (χ3v) is 5.13. The van der Waals surface area contributed by atoms with Crippen LogP contribution in [-0.2, 0) is 11.3 Å². The summed E-state index contributed by atoms with van der Waals surface area (Å²) in [6.07, 6.45) is 2.67. The molecule has 0 N–H and O–H groups in total. The van der Waals surface area contributed by atoms with E-state index in [4.69, 9.17) is 5.26 Å². The van der Waals surface area contributed by atoms with Gasteiger partial charge in [0.2, 0.25) is 5.91 Å². The van der Waals surface area contributed by atoms with Crippen LogP contribution in [0.1, 0.15) is 36.6 Å². The quantitative estimate of drug-likeness (QED) is 0.681. The highest BCUT2D eigenvalue weighted by Crippen LogP contribution is 2.40. The zero-order valence-electron chi connectivity index (χ0n) is 14.3. The highest BCUT2D eigenvalue weighted by molar-refractivity contribution is 7.99. The van der Waals surface area contributed by atoms with E-state index in [1.807, 2.05) is 18.2 Å². The molecule has 1 fully saturated rings. The molecule has 0 saturated heterocycles. The highest BCUT2D eigenvalue weighted by Gasteiger charge is 2.30. The van der Waals surface area contributed by atoms with Crippen LogP contribution in [-0.4, -0.2) is 44.9 Å².